The van der Waals surface area contributed by atoms with Crippen molar-refractivity contribution < 1.29 is 27.7 Å². The van der Waals surface area contributed by atoms with Gasteiger partial charge in [0.05, 0.1) is 29.4 Å². The number of hydrogen-bond donors (Lipinski definition) is 0. The van der Waals surface area contributed by atoms with Crippen molar-refractivity contribution in [1.29, 1.82) is 0 Å². The number of halogens is 1. The number of carbonyl (C=O) groups is 2. The molecule has 0 spiro atoms. The van der Waals surface area contributed by atoms with Crippen LogP contribution in [0, 0.1) is 0 Å². The maximum atomic E-state index is 13.0. The summed E-state index contributed by atoms with van der Waals surface area (Å²) in [7, 11) is -0.810. The summed E-state index contributed by atoms with van der Waals surface area (Å²) in [4.78, 5) is 33.0. The van der Waals surface area contributed by atoms with Gasteiger partial charge in [0.1, 0.15) is 5.15 Å². The average Bonchev–Trinajstić information content (AvgIpc) is 2.98. The van der Waals surface area contributed by atoms with Crippen molar-refractivity contribution in [1.82, 2.24) is 14.8 Å². The van der Waals surface area contributed by atoms with Crippen LogP contribution >= 0.6 is 11.6 Å². The van der Waals surface area contributed by atoms with Gasteiger partial charge in [-0.05, 0) is 58.7 Å². The second-order valence-electron chi connectivity index (χ2n) is 9.69. The second-order valence-corrected chi connectivity index (χ2v) is 10.1. The van der Waals surface area contributed by atoms with E-state index in [9.17, 15) is 9.59 Å². The Balaban J connectivity index is 1.99. The molecule has 0 bridgehead atoms. The Kier molecular flexibility index (Phi) is 6.44. The summed E-state index contributed by atoms with van der Waals surface area (Å²) in [5.74, 6) is -0.996. The molecule has 1 aromatic rings. The summed E-state index contributed by atoms with van der Waals surface area (Å²) in [6, 6.07) is 1.89. The van der Waals surface area contributed by atoms with Crippen molar-refractivity contribution in [2.24, 2.45) is 0 Å². The van der Waals surface area contributed by atoms with E-state index in [2.05, 4.69) is 4.98 Å². The lowest BCUT2D eigenvalue weighted by molar-refractivity contribution is -0.137. The molecule has 3 heterocycles. The van der Waals surface area contributed by atoms with Crippen LogP contribution < -0.4 is 5.59 Å². The Hall–Kier alpha value is -1.84. The van der Waals surface area contributed by atoms with E-state index < -0.39 is 49.3 Å². The van der Waals surface area contributed by atoms with E-state index in [1.54, 1.807) is 19.1 Å². The van der Waals surface area contributed by atoms with Gasteiger partial charge in [-0.1, -0.05) is 24.9 Å². The largest absolute Gasteiger partial charge is 0.514 e. The number of aromatic nitrogens is 1. The molecular weight excluding hydrogens is 445 g/mol. The van der Waals surface area contributed by atoms with Gasteiger partial charge in [-0.2, -0.15) is 0 Å². The molecule has 2 atom stereocenters. The lowest BCUT2D eigenvalue weighted by Crippen LogP contribution is -2.56. The van der Waals surface area contributed by atoms with E-state index in [-0.39, 0.29) is 24.8 Å². The van der Waals surface area contributed by atoms with Crippen molar-refractivity contribution in [3.8, 4) is 0 Å². The fourth-order valence-corrected chi connectivity index (χ4v) is 4.28. The Morgan fingerprint density at radius 1 is 1.27 bits per heavy atom. The van der Waals surface area contributed by atoms with E-state index in [1.807, 2.05) is 34.6 Å². The van der Waals surface area contributed by atoms with Crippen molar-refractivity contribution in [2.75, 3.05) is 19.7 Å². The molecule has 2 amide bonds. The number of amides is 2. The molecule has 2 fully saturated rings. The third-order valence-electron chi connectivity index (χ3n) is 6.62. The number of hydrogen-bond acceptors (Lipinski definition) is 6. The van der Waals surface area contributed by atoms with E-state index >= 15 is 0 Å². The first kappa shape index (κ1) is 21.7. The van der Waals surface area contributed by atoms with Crippen LogP contribution in [0.4, 0.5) is 4.79 Å². The highest BCUT2D eigenvalue weighted by molar-refractivity contribution is 6.61. The monoisotopic (exact) mass is 482 g/mol. The Morgan fingerprint density at radius 3 is 2.55 bits per heavy atom. The molecule has 0 radical (unpaired) electrons. The quantitative estimate of drug-likeness (QED) is 0.363. The standard InChI is InChI=1S/C23H35BClN3O5/c1-8-9-10-31-21(30)27-13-15(2)28(16(3)29)18(14-27)17-11-19(26-20(25)12-17)24-32-22(4,5)23(6,7)33-24/h11-12,15,18H,8-10,13-14H2,1-7H3/t15-,18+/m1/s1/i3D3. The number of piperazine rings is 1. The topological polar surface area (TPSA) is 81.2 Å². The van der Waals surface area contributed by atoms with Gasteiger partial charge in [0.2, 0.25) is 5.91 Å². The summed E-state index contributed by atoms with van der Waals surface area (Å²) in [6.07, 6.45) is 1.11. The van der Waals surface area contributed by atoms with Crippen LogP contribution in [-0.4, -0.2) is 70.8 Å². The number of unbranched alkanes of at least 4 members (excludes halogenated alkanes) is 1. The molecule has 3 rings (SSSR count). The van der Waals surface area contributed by atoms with E-state index in [0.717, 1.165) is 12.8 Å². The third-order valence-corrected chi connectivity index (χ3v) is 6.81. The molecule has 0 saturated carbocycles. The summed E-state index contributed by atoms with van der Waals surface area (Å²) < 4.78 is 40.8. The normalized spacial score (nSPS) is 25.9. The van der Waals surface area contributed by atoms with Crippen molar-refractivity contribution in [3.63, 3.8) is 0 Å². The second kappa shape index (κ2) is 9.80. The molecule has 0 unspecified atom stereocenters. The summed E-state index contributed by atoms with van der Waals surface area (Å²) in [6.45, 7) is 9.00. The minimum atomic E-state index is -2.85. The van der Waals surface area contributed by atoms with Crippen LogP contribution in [0.5, 0.6) is 0 Å². The highest BCUT2D eigenvalue weighted by Crippen LogP contribution is 2.37. The van der Waals surface area contributed by atoms with Gasteiger partial charge < -0.3 is 23.8 Å². The third kappa shape index (κ3) is 5.47. The molecule has 10 heteroatoms. The average molecular weight is 483 g/mol. The van der Waals surface area contributed by atoms with Gasteiger partial charge in [-0.3, -0.25) is 4.79 Å². The van der Waals surface area contributed by atoms with Crippen LogP contribution in [0.25, 0.3) is 0 Å². The number of pyridine rings is 1. The van der Waals surface area contributed by atoms with Crippen LogP contribution in [0.15, 0.2) is 12.1 Å². The number of rotatable bonds is 5. The molecular formula is C23H35BClN3O5. The lowest BCUT2D eigenvalue weighted by atomic mass is 9.82. The van der Waals surface area contributed by atoms with Gasteiger partial charge in [-0.15, -0.1) is 0 Å². The Labute approximate surface area is 206 Å². The molecule has 2 aliphatic heterocycles. The van der Waals surface area contributed by atoms with Gasteiger partial charge in [0.15, 0.2) is 0 Å². The van der Waals surface area contributed by atoms with Crippen LogP contribution in [0.1, 0.15) is 77.0 Å². The summed E-state index contributed by atoms with van der Waals surface area (Å²) >= 11 is 6.38. The van der Waals surface area contributed by atoms with Crippen molar-refractivity contribution in [3.05, 3.63) is 22.8 Å². The minimum Gasteiger partial charge on any atom is -0.449 e. The van der Waals surface area contributed by atoms with E-state index in [1.165, 1.54) is 9.80 Å². The van der Waals surface area contributed by atoms with Crippen molar-refractivity contribution in [2.45, 2.75) is 84.5 Å². The Bertz CT molecular complexity index is 978. The van der Waals surface area contributed by atoms with Gasteiger partial charge in [0, 0.05) is 30.1 Å². The minimum absolute atomic E-state index is 0.0419. The molecule has 2 saturated heterocycles. The number of carbonyl (C=O) groups excluding carboxylic acids is 2. The zero-order chi connectivity index (χ0) is 27.1. The highest BCUT2D eigenvalue weighted by atomic mass is 35.5. The van der Waals surface area contributed by atoms with Crippen LogP contribution in [-0.2, 0) is 18.8 Å². The lowest BCUT2D eigenvalue weighted by Gasteiger charge is -2.45. The maximum absolute atomic E-state index is 13.0. The molecule has 182 valence electrons. The number of nitrogens with zero attached hydrogens (tertiary/aromatic N) is 3. The molecule has 0 aromatic carbocycles. The molecule has 0 N–H and O–H groups in total. The Morgan fingerprint density at radius 2 is 1.94 bits per heavy atom. The van der Waals surface area contributed by atoms with Gasteiger partial charge >= 0.3 is 13.2 Å². The van der Waals surface area contributed by atoms with E-state index in [0.29, 0.717) is 11.2 Å². The first-order valence-corrected chi connectivity index (χ1v) is 11.7. The fourth-order valence-electron chi connectivity index (χ4n) is 4.05. The van der Waals surface area contributed by atoms with Crippen molar-refractivity contribution >= 4 is 36.3 Å². The molecule has 8 nitrogen and oxygen atoms in total. The molecule has 1 aromatic heterocycles. The molecule has 0 aliphatic carbocycles. The highest BCUT2D eigenvalue weighted by Gasteiger charge is 2.52. The first-order chi connectivity index (χ1) is 16.6. The van der Waals surface area contributed by atoms with Gasteiger partial charge in [0.25, 0.3) is 0 Å². The van der Waals surface area contributed by atoms with Crippen LogP contribution in [0.2, 0.25) is 5.15 Å². The number of ether oxygens (including phenoxy) is 1. The zero-order valence-electron chi connectivity index (χ0n) is 23.2. The maximum Gasteiger partial charge on any atom is 0.514 e. The van der Waals surface area contributed by atoms with Gasteiger partial charge in [-0.25, -0.2) is 9.78 Å². The predicted octanol–water partition coefficient (Wildman–Crippen LogP) is 3.56. The van der Waals surface area contributed by atoms with E-state index in [4.69, 9.17) is 29.8 Å². The summed E-state index contributed by atoms with van der Waals surface area (Å²) in [5, 5.41) is 0.133. The zero-order valence-corrected chi connectivity index (χ0v) is 20.9. The fraction of sp³-hybridized carbons (Fsp3) is 0.696. The smallest absolute Gasteiger partial charge is 0.449 e. The first-order valence-electron chi connectivity index (χ1n) is 12.8. The predicted molar refractivity (Wildman–Crippen MR) is 128 cm³/mol. The summed E-state index contributed by atoms with van der Waals surface area (Å²) in [5.41, 5.74) is -0.296. The SMILES string of the molecule is [2H]C([2H])([2H])C(=O)N1[C@H](C)CN(C(=O)OCCCC)C[C@H]1c1cc(Cl)nc(B2OC(C)(C)C(C)(C)O2)c1. The molecule has 33 heavy (non-hydrogen) atoms. The van der Waals surface area contributed by atoms with Crippen LogP contribution in [0.3, 0.4) is 0 Å². The molecule has 2 aliphatic rings.